The highest BCUT2D eigenvalue weighted by Crippen LogP contribution is 2.29. The minimum absolute atomic E-state index is 0.108. The van der Waals surface area contributed by atoms with E-state index < -0.39 is 14.9 Å². The largest absolute Gasteiger partial charge is 0.379 e. The van der Waals surface area contributed by atoms with Gasteiger partial charge in [0.05, 0.1) is 23.0 Å². The van der Waals surface area contributed by atoms with E-state index in [1.807, 2.05) is 0 Å². The lowest BCUT2D eigenvalue weighted by molar-refractivity contribution is -0.384. The minimum atomic E-state index is -3.80. The quantitative estimate of drug-likeness (QED) is 0.343. The summed E-state index contributed by atoms with van der Waals surface area (Å²) < 4.78 is 31.8. The first-order valence-electron chi connectivity index (χ1n) is 8.79. The van der Waals surface area contributed by atoms with Gasteiger partial charge < -0.3 is 4.74 Å². The molecule has 1 atom stereocenters. The molecular weight excluding hydrogens is 372 g/mol. The van der Waals surface area contributed by atoms with Crippen LogP contribution < -0.4 is 5.43 Å². The van der Waals surface area contributed by atoms with Crippen LogP contribution >= 0.6 is 0 Å². The molecule has 9 nitrogen and oxygen atoms in total. The molecule has 0 radical (unpaired) electrons. The zero-order valence-corrected chi connectivity index (χ0v) is 15.6. The number of ether oxygens (including phenoxy) is 1. The third kappa shape index (κ3) is 4.71. The van der Waals surface area contributed by atoms with Gasteiger partial charge in [-0.25, -0.2) is 8.42 Å². The van der Waals surface area contributed by atoms with E-state index in [-0.39, 0.29) is 29.4 Å². The zero-order valence-electron chi connectivity index (χ0n) is 14.8. The number of nitrogens with one attached hydrogen (secondary N) is 1. The van der Waals surface area contributed by atoms with Gasteiger partial charge in [0.2, 0.25) is 10.0 Å². The van der Waals surface area contributed by atoms with E-state index in [0.29, 0.717) is 19.1 Å². The number of hydrogen-bond acceptors (Lipinski definition) is 7. The first kappa shape index (κ1) is 19.5. The second-order valence-corrected chi connectivity index (χ2v) is 8.32. The molecule has 1 fully saturated rings. The van der Waals surface area contributed by atoms with Crippen molar-refractivity contribution < 1.29 is 18.1 Å². The summed E-state index contributed by atoms with van der Waals surface area (Å²) >= 11 is 0. The molecule has 0 unspecified atom stereocenters. The number of allylic oxidation sites excluding steroid dienone is 2. The Kier molecular flexibility index (Phi) is 6.19. The van der Waals surface area contributed by atoms with Crippen LogP contribution in [-0.2, 0) is 14.8 Å². The van der Waals surface area contributed by atoms with Gasteiger partial charge in [0.15, 0.2) is 0 Å². The molecule has 0 saturated carbocycles. The highest BCUT2D eigenvalue weighted by atomic mass is 32.2. The fourth-order valence-corrected chi connectivity index (χ4v) is 4.45. The minimum Gasteiger partial charge on any atom is -0.379 e. The number of hydrogen-bond donors (Lipinski definition) is 1. The Morgan fingerprint density at radius 3 is 2.74 bits per heavy atom. The summed E-state index contributed by atoms with van der Waals surface area (Å²) in [5, 5.41) is 15.5. The van der Waals surface area contributed by atoms with Gasteiger partial charge in [0, 0.05) is 25.4 Å². The number of sulfonamides is 1. The Hall–Kier alpha value is -2.30. The van der Waals surface area contributed by atoms with Crippen molar-refractivity contribution in [2.45, 2.75) is 24.2 Å². The van der Waals surface area contributed by atoms with Crippen molar-refractivity contribution in [1.29, 1.82) is 0 Å². The average Bonchev–Trinajstić information content (AvgIpc) is 2.69. The summed E-state index contributed by atoms with van der Waals surface area (Å²) in [4.78, 5) is 10.7. The molecule has 2 aliphatic rings. The van der Waals surface area contributed by atoms with Gasteiger partial charge >= 0.3 is 0 Å². The van der Waals surface area contributed by atoms with Gasteiger partial charge in [-0.15, -0.1) is 0 Å². The van der Waals surface area contributed by atoms with E-state index in [2.05, 4.69) is 22.7 Å². The van der Waals surface area contributed by atoms with Crippen LogP contribution in [-0.4, -0.2) is 50.2 Å². The molecule has 10 heteroatoms. The maximum Gasteiger partial charge on any atom is 0.295 e. The summed E-state index contributed by atoms with van der Waals surface area (Å²) in [5.41, 5.74) is 2.50. The molecule has 146 valence electrons. The molecule has 1 aromatic carbocycles. The van der Waals surface area contributed by atoms with Gasteiger partial charge in [0.25, 0.3) is 5.69 Å². The number of anilines is 1. The average molecular weight is 394 g/mol. The highest BCUT2D eigenvalue weighted by Gasteiger charge is 2.28. The fourth-order valence-electron chi connectivity index (χ4n) is 3.02. The third-order valence-electron chi connectivity index (χ3n) is 4.55. The highest BCUT2D eigenvalue weighted by molar-refractivity contribution is 7.89. The Morgan fingerprint density at radius 2 is 2.07 bits per heavy atom. The molecule has 0 bridgehead atoms. The van der Waals surface area contributed by atoms with Crippen molar-refractivity contribution in [3.05, 3.63) is 40.5 Å². The lowest BCUT2D eigenvalue weighted by Crippen LogP contribution is -2.40. The lowest BCUT2D eigenvalue weighted by Gasteiger charge is -2.26. The SMILES string of the molecule is O=[N+]([O-])c1cc(S(=O)(=O)N2CCOCC2)ccc1N/N=C\[C@H]1CC=CCC1. The number of hydrazone groups is 1. The van der Waals surface area contributed by atoms with Crippen LogP contribution in [0.3, 0.4) is 0 Å². The lowest BCUT2D eigenvalue weighted by atomic mass is 9.96. The van der Waals surface area contributed by atoms with Gasteiger partial charge in [-0.3, -0.25) is 15.5 Å². The van der Waals surface area contributed by atoms with Crippen LogP contribution in [0.5, 0.6) is 0 Å². The molecule has 27 heavy (non-hydrogen) atoms. The third-order valence-corrected chi connectivity index (χ3v) is 6.45. The molecule has 0 spiro atoms. The normalized spacial score (nSPS) is 21.4. The van der Waals surface area contributed by atoms with E-state index in [9.17, 15) is 18.5 Å². The number of rotatable bonds is 6. The number of morpholine rings is 1. The standard InChI is InChI=1S/C17H22N4O5S/c22-21(23)17-12-15(27(24,25)20-8-10-26-11-9-20)6-7-16(17)19-18-13-14-4-2-1-3-5-14/h1-2,6-7,12-14,19H,3-5,8-11H2/b18-13-/t14-/m0/s1. The Bertz CT molecular complexity index is 847. The summed E-state index contributed by atoms with van der Waals surface area (Å²) in [6, 6.07) is 3.81. The first-order chi connectivity index (χ1) is 13.0. The molecule has 1 aliphatic heterocycles. The number of nitrogens with zero attached hydrogens (tertiary/aromatic N) is 3. The van der Waals surface area contributed by atoms with Crippen LogP contribution in [0.2, 0.25) is 0 Å². The first-order valence-corrected chi connectivity index (χ1v) is 10.2. The maximum absolute atomic E-state index is 12.7. The predicted octanol–water partition coefficient (Wildman–Crippen LogP) is 2.37. The number of nitro groups is 1. The van der Waals surface area contributed by atoms with Crippen molar-refractivity contribution in [2.24, 2.45) is 11.0 Å². The van der Waals surface area contributed by atoms with Gasteiger partial charge in [-0.1, -0.05) is 12.2 Å². The van der Waals surface area contributed by atoms with Crippen LogP contribution in [0.1, 0.15) is 19.3 Å². The topological polar surface area (TPSA) is 114 Å². The van der Waals surface area contributed by atoms with Crippen LogP contribution in [0, 0.1) is 16.0 Å². The number of benzene rings is 1. The van der Waals surface area contributed by atoms with E-state index in [1.54, 1.807) is 6.21 Å². The molecule has 1 aliphatic carbocycles. The Balaban J connectivity index is 1.79. The number of nitro benzene ring substituents is 1. The zero-order chi connectivity index (χ0) is 19.3. The van der Waals surface area contributed by atoms with Crippen molar-refractivity contribution >= 4 is 27.6 Å². The van der Waals surface area contributed by atoms with E-state index in [4.69, 9.17) is 4.74 Å². The van der Waals surface area contributed by atoms with Gasteiger partial charge in [-0.2, -0.15) is 9.41 Å². The van der Waals surface area contributed by atoms with Crippen molar-refractivity contribution in [3.63, 3.8) is 0 Å². The summed E-state index contributed by atoms with van der Waals surface area (Å²) in [7, 11) is -3.80. The molecule has 1 N–H and O–H groups in total. The van der Waals surface area contributed by atoms with Crippen molar-refractivity contribution in [3.8, 4) is 0 Å². The second-order valence-electron chi connectivity index (χ2n) is 6.39. The maximum atomic E-state index is 12.7. The molecule has 1 heterocycles. The second kappa shape index (κ2) is 8.59. The van der Waals surface area contributed by atoms with E-state index in [1.165, 1.54) is 16.4 Å². The summed E-state index contributed by atoms with van der Waals surface area (Å²) in [6.45, 7) is 1.09. The predicted molar refractivity (Wildman–Crippen MR) is 101 cm³/mol. The van der Waals surface area contributed by atoms with Crippen LogP contribution in [0.4, 0.5) is 11.4 Å². The smallest absolute Gasteiger partial charge is 0.295 e. The molecular formula is C17H22N4O5S. The fraction of sp³-hybridized carbons (Fsp3) is 0.471. The molecule has 3 rings (SSSR count). The van der Waals surface area contributed by atoms with Crippen molar-refractivity contribution in [1.82, 2.24) is 4.31 Å². The summed E-state index contributed by atoms with van der Waals surface area (Å²) in [6.07, 6.45) is 8.82. The molecule has 0 aromatic heterocycles. The van der Waals surface area contributed by atoms with Crippen molar-refractivity contribution in [2.75, 3.05) is 31.7 Å². The molecule has 0 amide bonds. The summed E-state index contributed by atoms with van der Waals surface area (Å²) in [5.74, 6) is 0.294. The van der Waals surface area contributed by atoms with Crippen LogP contribution in [0.15, 0.2) is 40.3 Å². The van der Waals surface area contributed by atoms with E-state index >= 15 is 0 Å². The van der Waals surface area contributed by atoms with Gasteiger partial charge in [0.1, 0.15) is 5.69 Å². The van der Waals surface area contributed by atoms with Crippen LogP contribution in [0.25, 0.3) is 0 Å². The Labute approximate surface area is 157 Å². The molecule has 1 saturated heterocycles. The monoisotopic (exact) mass is 394 g/mol. The Morgan fingerprint density at radius 1 is 1.30 bits per heavy atom. The van der Waals surface area contributed by atoms with E-state index in [0.717, 1.165) is 25.3 Å². The van der Waals surface area contributed by atoms with Gasteiger partial charge in [-0.05, 0) is 37.3 Å². The molecule has 1 aromatic rings.